The number of anilines is 1. The lowest BCUT2D eigenvalue weighted by molar-refractivity contribution is -0.122. The van der Waals surface area contributed by atoms with Gasteiger partial charge in [0.2, 0.25) is 5.91 Å². The highest BCUT2D eigenvalue weighted by Gasteiger charge is 2.39. The summed E-state index contributed by atoms with van der Waals surface area (Å²) in [6, 6.07) is 7.62. The minimum Gasteiger partial charge on any atom is -0.491 e. The lowest BCUT2D eigenvalue weighted by Crippen LogP contribution is -2.50. The van der Waals surface area contributed by atoms with Gasteiger partial charge in [-0.2, -0.15) is 0 Å². The monoisotopic (exact) mass is 276 g/mol. The molecule has 2 rings (SSSR count). The molecule has 0 bridgehead atoms. The maximum Gasteiger partial charge on any atom is 0.244 e. The average molecular weight is 276 g/mol. The summed E-state index contributed by atoms with van der Waals surface area (Å²) in [5.41, 5.74) is 0.338. The molecule has 1 aromatic rings. The minimum absolute atomic E-state index is 0.0463. The van der Waals surface area contributed by atoms with Gasteiger partial charge in [-0.25, -0.2) is 0 Å². The maximum atomic E-state index is 12.6. The summed E-state index contributed by atoms with van der Waals surface area (Å²) in [5, 5.41) is 6.38. The highest BCUT2D eigenvalue weighted by molar-refractivity contribution is 5.99. The zero-order valence-corrected chi connectivity index (χ0v) is 12.4. The molecule has 2 N–H and O–H groups in total. The van der Waals surface area contributed by atoms with E-state index in [2.05, 4.69) is 24.5 Å². The quantitative estimate of drug-likeness (QED) is 0.840. The lowest BCUT2D eigenvalue weighted by Gasteiger charge is -2.27. The van der Waals surface area contributed by atoms with Crippen molar-refractivity contribution in [1.82, 2.24) is 5.32 Å². The van der Waals surface area contributed by atoms with Gasteiger partial charge in [-0.15, -0.1) is 0 Å². The first-order chi connectivity index (χ1) is 9.72. The molecule has 1 aromatic carbocycles. The molecule has 1 heterocycles. The van der Waals surface area contributed by atoms with E-state index >= 15 is 0 Å². The van der Waals surface area contributed by atoms with Crippen LogP contribution < -0.4 is 15.4 Å². The summed E-state index contributed by atoms with van der Waals surface area (Å²) < 4.78 is 5.68. The second kappa shape index (κ2) is 6.75. The number of carbonyl (C=O) groups is 1. The van der Waals surface area contributed by atoms with Crippen LogP contribution in [0.15, 0.2) is 24.3 Å². The van der Waals surface area contributed by atoms with Crippen LogP contribution in [-0.4, -0.2) is 24.6 Å². The summed E-state index contributed by atoms with van der Waals surface area (Å²) in [7, 11) is 0. The molecule has 1 fully saturated rings. The standard InChI is InChI=1S/C16H24N2O2/c1-3-12-20-14-9-6-5-8-13(14)18-15(19)16(4-2)10-7-11-17-16/h5-6,8-9,17H,3-4,7,10-12H2,1-2H3,(H,18,19). The predicted molar refractivity (Wildman–Crippen MR) is 81.1 cm³/mol. The van der Waals surface area contributed by atoms with Crippen molar-refractivity contribution in [3.8, 4) is 5.75 Å². The summed E-state index contributed by atoms with van der Waals surface area (Å²) >= 11 is 0. The Morgan fingerprint density at radius 1 is 1.40 bits per heavy atom. The summed E-state index contributed by atoms with van der Waals surface area (Å²) in [4.78, 5) is 12.6. The molecule has 0 radical (unpaired) electrons. The Balaban J connectivity index is 2.11. The van der Waals surface area contributed by atoms with Crippen molar-refractivity contribution >= 4 is 11.6 Å². The van der Waals surface area contributed by atoms with Crippen molar-refractivity contribution in [2.75, 3.05) is 18.5 Å². The highest BCUT2D eigenvalue weighted by Crippen LogP contribution is 2.28. The maximum absolute atomic E-state index is 12.6. The smallest absolute Gasteiger partial charge is 0.244 e. The fraction of sp³-hybridized carbons (Fsp3) is 0.562. The Bertz CT molecular complexity index is 454. The fourth-order valence-electron chi connectivity index (χ4n) is 2.61. The van der Waals surface area contributed by atoms with E-state index in [1.807, 2.05) is 24.3 Å². The second-order valence-corrected chi connectivity index (χ2v) is 5.26. The van der Waals surface area contributed by atoms with Crippen LogP contribution in [-0.2, 0) is 4.79 Å². The Labute approximate surface area is 120 Å². The number of carbonyl (C=O) groups excluding carboxylic acids is 1. The van der Waals surface area contributed by atoms with Crippen molar-refractivity contribution in [2.45, 2.75) is 45.1 Å². The van der Waals surface area contributed by atoms with E-state index < -0.39 is 5.54 Å². The van der Waals surface area contributed by atoms with Gasteiger partial charge in [-0.3, -0.25) is 4.79 Å². The number of nitrogens with one attached hydrogen (secondary N) is 2. The number of amides is 1. The Morgan fingerprint density at radius 2 is 2.20 bits per heavy atom. The topological polar surface area (TPSA) is 50.4 Å². The van der Waals surface area contributed by atoms with Gasteiger partial charge < -0.3 is 15.4 Å². The molecule has 1 saturated heterocycles. The van der Waals surface area contributed by atoms with E-state index in [-0.39, 0.29) is 5.91 Å². The van der Waals surface area contributed by atoms with Crippen molar-refractivity contribution in [3.05, 3.63) is 24.3 Å². The minimum atomic E-state index is -0.419. The number of hydrogen-bond donors (Lipinski definition) is 2. The number of benzene rings is 1. The van der Waals surface area contributed by atoms with Gasteiger partial charge in [0, 0.05) is 0 Å². The van der Waals surface area contributed by atoms with Crippen molar-refractivity contribution in [3.63, 3.8) is 0 Å². The average Bonchev–Trinajstić information content (AvgIpc) is 2.96. The van der Waals surface area contributed by atoms with E-state index in [1.54, 1.807) is 0 Å². The van der Waals surface area contributed by atoms with Crippen LogP contribution in [0.2, 0.25) is 0 Å². The molecule has 20 heavy (non-hydrogen) atoms. The SMILES string of the molecule is CCCOc1ccccc1NC(=O)C1(CC)CCCN1. The van der Waals surface area contributed by atoms with Crippen LogP contribution in [0.1, 0.15) is 39.5 Å². The Morgan fingerprint density at radius 3 is 2.85 bits per heavy atom. The van der Waals surface area contributed by atoms with Crippen LogP contribution in [0.4, 0.5) is 5.69 Å². The van der Waals surface area contributed by atoms with Crippen LogP contribution in [0, 0.1) is 0 Å². The van der Waals surface area contributed by atoms with Gasteiger partial charge in [0.25, 0.3) is 0 Å². The van der Waals surface area contributed by atoms with E-state index in [1.165, 1.54) is 0 Å². The molecule has 1 unspecified atom stereocenters. The third-order valence-corrected chi connectivity index (χ3v) is 3.88. The number of rotatable bonds is 6. The lowest BCUT2D eigenvalue weighted by atomic mass is 9.93. The van der Waals surface area contributed by atoms with Crippen molar-refractivity contribution in [2.24, 2.45) is 0 Å². The molecule has 0 aromatic heterocycles. The molecular formula is C16H24N2O2. The van der Waals surface area contributed by atoms with Crippen LogP contribution in [0.5, 0.6) is 5.75 Å². The zero-order chi connectivity index (χ0) is 14.4. The van der Waals surface area contributed by atoms with Gasteiger partial charge in [-0.05, 0) is 44.4 Å². The van der Waals surface area contributed by atoms with E-state index in [0.29, 0.717) is 6.61 Å². The summed E-state index contributed by atoms with van der Waals surface area (Å²) in [6.45, 7) is 5.69. The third kappa shape index (κ3) is 3.12. The largest absolute Gasteiger partial charge is 0.491 e. The van der Waals surface area contributed by atoms with Gasteiger partial charge in [0.05, 0.1) is 17.8 Å². The van der Waals surface area contributed by atoms with Crippen LogP contribution >= 0.6 is 0 Å². The predicted octanol–water partition coefficient (Wildman–Crippen LogP) is 2.95. The van der Waals surface area contributed by atoms with Gasteiger partial charge in [-0.1, -0.05) is 26.0 Å². The molecule has 1 aliphatic heterocycles. The van der Waals surface area contributed by atoms with Crippen LogP contribution in [0.25, 0.3) is 0 Å². The van der Waals surface area contributed by atoms with Gasteiger partial charge >= 0.3 is 0 Å². The third-order valence-electron chi connectivity index (χ3n) is 3.88. The molecule has 1 aliphatic rings. The van der Waals surface area contributed by atoms with Crippen LogP contribution in [0.3, 0.4) is 0 Å². The highest BCUT2D eigenvalue weighted by atomic mass is 16.5. The molecule has 0 aliphatic carbocycles. The normalized spacial score (nSPS) is 21.7. The number of ether oxygens (including phenoxy) is 1. The molecule has 4 nitrogen and oxygen atoms in total. The first-order valence-corrected chi connectivity index (χ1v) is 7.50. The molecular weight excluding hydrogens is 252 g/mol. The molecule has 1 amide bonds. The van der Waals surface area contributed by atoms with E-state index in [0.717, 1.165) is 43.7 Å². The van der Waals surface area contributed by atoms with E-state index in [9.17, 15) is 4.79 Å². The van der Waals surface area contributed by atoms with Crippen molar-refractivity contribution < 1.29 is 9.53 Å². The molecule has 1 atom stereocenters. The zero-order valence-electron chi connectivity index (χ0n) is 12.4. The fourth-order valence-corrected chi connectivity index (χ4v) is 2.61. The molecule has 0 spiro atoms. The van der Waals surface area contributed by atoms with E-state index in [4.69, 9.17) is 4.74 Å². The molecule has 4 heteroatoms. The first kappa shape index (κ1) is 14.9. The Hall–Kier alpha value is -1.55. The van der Waals surface area contributed by atoms with Gasteiger partial charge in [0.1, 0.15) is 5.75 Å². The second-order valence-electron chi connectivity index (χ2n) is 5.26. The van der Waals surface area contributed by atoms with Crippen molar-refractivity contribution in [1.29, 1.82) is 0 Å². The first-order valence-electron chi connectivity index (χ1n) is 7.50. The molecule has 110 valence electrons. The Kier molecular flexibility index (Phi) is 5.01. The van der Waals surface area contributed by atoms with Gasteiger partial charge in [0.15, 0.2) is 0 Å². The number of hydrogen-bond acceptors (Lipinski definition) is 3. The summed E-state index contributed by atoms with van der Waals surface area (Å²) in [6.07, 6.45) is 3.70. The number of para-hydroxylation sites is 2. The summed E-state index contributed by atoms with van der Waals surface area (Å²) in [5.74, 6) is 0.789. The molecule has 0 saturated carbocycles.